The first-order valence-corrected chi connectivity index (χ1v) is 10.1. The predicted molar refractivity (Wildman–Crippen MR) is 105 cm³/mol. The molecule has 7 heteroatoms. The van der Waals surface area contributed by atoms with E-state index in [4.69, 9.17) is 4.74 Å². The van der Waals surface area contributed by atoms with E-state index in [1.807, 2.05) is 0 Å². The van der Waals surface area contributed by atoms with Gasteiger partial charge < -0.3 is 20.7 Å². The molecule has 0 radical (unpaired) electrons. The van der Waals surface area contributed by atoms with Crippen LogP contribution in [0.1, 0.15) is 46.0 Å². The minimum absolute atomic E-state index is 0.168. The fourth-order valence-electron chi connectivity index (χ4n) is 3.27. The van der Waals surface area contributed by atoms with Crippen molar-refractivity contribution < 1.29 is 9.53 Å². The maximum absolute atomic E-state index is 11.7. The van der Waals surface area contributed by atoms with Crippen molar-refractivity contribution in [3.05, 3.63) is 0 Å². The highest BCUT2D eigenvalue weighted by molar-refractivity contribution is 5.80. The summed E-state index contributed by atoms with van der Waals surface area (Å²) < 4.78 is 5.48. The Balaban J connectivity index is 1.66. The molecular weight excluding hydrogens is 330 g/mol. The fraction of sp³-hybridized carbons (Fsp3) is 0.895. The van der Waals surface area contributed by atoms with Gasteiger partial charge in [0.25, 0.3) is 0 Å². The van der Waals surface area contributed by atoms with Gasteiger partial charge in [0, 0.05) is 51.7 Å². The second-order valence-electron chi connectivity index (χ2n) is 7.76. The first kappa shape index (κ1) is 21.0. The topological polar surface area (TPSA) is 78.0 Å². The van der Waals surface area contributed by atoms with Gasteiger partial charge in [0.2, 0.25) is 5.91 Å². The molecular formula is C19H37N5O2. The van der Waals surface area contributed by atoms with Gasteiger partial charge in [-0.3, -0.25) is 14.7 Å². The molecule has 1 saturated heterocycles. The lowest BCUT2D eigenvalue weighted by molar-refractivity contribution is -0.121. The van der Waals surface area contributed by atoms with E-state index in [-0.39, 0.29) is 5.91 Å². The Bertz CT molecular complexity index is 445. The third-order valence-electron chi connectivity index (χ3n) is 4.85. The van der Waals surface area contributed by atoms with Crippen LogP contribution in [0.2, 0.25) is 0 Å². The summed E-state index contributed by atoms with van der Waals surface area (Å²) in [6.07, 6.45) is 4.83. The maximum atomic E-state index is 11.7. The Labute approximate surface area is 158 Å². The molecule has 1 heterocycles. The summed E-state index contributed by atoms with van der Waals surface area (Å²) >= 11 is 0. The number of morpholine rings is 1. The third kappa shape index (κ3) is 8.36. The lowest BCUT2D eigenvalue weighted by Gasteiger charge is -2.35. The van der Waals surface area contributed by atoms with Crippen LogP contribution >= 0.6 is 0 Å². The van der Waals surface area contributed by atoms with E-state index in [1.54, 1.807) is 7.05 Å². The smallest absolute Gasteiger partial charge is 0.220 e. The van der Waals surface area contributed by atoms with Crippen molar-refractivity contribution in [1.29, 1.82) is 0 Å². The summed E-state index contributed by atoms with van der Waals surface area (Å²) in [5.74, 6) is 1.64. The van der Waals surface area contributed by atoms with Crippen molar-refractivity contribution in [2.24, 2.45) is 10.9 Å². The van der Waals surface area contributed by atoms with Gasteiger partial charge in [-0.2, -0.15) is 0 Å². The molecule has 1 unspecified atom stereocenters. The summed E-state index contributed by atoms with van der Waals surface area (Å²) in [6, 6.07) is 0.935. The van der Waals surface area contributed by atoms with E-state index in [9.17, 15) is 4.79 Å². The highest BCUT2D eigenvalue weighted by atomic mass is 16.5. The minimum Gasteiger partial charge on any atom is -0.379 e. The number of aliphatic imine (C=N–C) groups is 1. The predicted octanol–water partition coefficient (Wildman–Crippen LogP) is 0.957. The number of nitrogens with zero attached hydrogens (tertiary/aromatic N) is 2. The number of hydrogen-bond donors (Lipinski definition) is 3. The molecule has 0 aromatic carbocycles. The lowest BCUT2D eigenvalue weighted by atomic mass is 10.0. The molecule has 7 nitrogen and oxygen atoms in total. The number of guanidine groups is 1. The van der Waals surface area contributed by atoms with Gasteiger partial charge in [-0.1, -0.05) is 13.8 Å². The van der Waals surface area contributed by atoms with E-state index in [0.29, 0.717) is 24.4 Å². The Hall–Kier alpha value is -1.34. The average Bonchev–Trinajstić information content (AvgIpc) is 3.44. The van der Waals surface area contributed by atoms with Gasteiger partial charge in [0.1, 0.15) is 0 Å². The quantitative estimate of drug-likeness (QED) is 0.305. The zero-order chi connectivity index (χ0) is 18.8. The van der Waals surface area contributed by atoms with Crippen molar-refractivity contribution >= 4 is 11.9 Å². The Kier molecular flexibility index (Phi) is 9.18. The zero-order valence-electron chi connectivity index (χ0n) is 16.7. The molecule has 1 aliphatic heterocycles. The molecule has 0 aromatic rings. The van der Waals surface area contributed by atoms with E-state index in [1.165, 1.54) is 0 Å². The Morgan fingerprint density at radius 3 is 2.58 bits per heavy atom. The molecule has 0 spiro atoms. The van der Waals surface area contributed by atoms with Crippen LogP contribution in [0.4, 0.5) is 0 Å². The van der Waals surface area contributed by atoms with Crippen LogP contribution in [-0.4, -0.2) is 75.3 Å². The molecule has 2 rings (SSSR count). The SMILES string of the molecule is CN=C(NCCCC(=O)NC1CC1)NCC(CC(C)C)N1CCOCC1. The highest BCUT2D eigenvalue weighted by Crippen LogP contribution is 2.18. The van der Waals surface area contributed by atoms with Gasteiger partial charge >= 0.3 is 0 Å². The first-order chi connectivity index (χ1) is 12.6. The normalized spacial score (nSPS) is 20.1. The van der Waals surface area contributed by atoms with E-state index in [2.05, 4.69) is 39.7 Å². The summed E-state index contributed by atoms with van der Waals surface area (Å²) in [4.78, 5) is 18.5. The van der Waals surface area contributed by atoms with Crippen molar-refractivity contribution in [3.8, 4) is 0 Å². The average molecular weight is 368 g/mol. The second-order valence-corrected chi connectivity index (χ2v) is 7.76. The van der Waals surface area contributed by atoms with Crippen molar-refractivity contribution in [1.82, 2.24) is 20.9 Å². The van der Waals surface area contributed by atoms with Gasteiger partial charge in [0.15, 0.2) is 5.96 Å². The molecule has 1 aliphatic carbocycles. The van der Waals surface area contributed by atoms with Crippen molar-refractivity contribution in [2.45, 2.75) is 58.0 Å². The molecule has 2 fully saturated rings. The molecule has 26 heavy (non-hydrogen) atoms. The lowest BCUT2D eigenvalue weighted by Crippen LogP contribution is -2.51. The number of rotatable bonds is 10. The summed E-state index contributed by atoms with van der Waals surface area (Å²) in [7, 11) is 1.79. The van der Waals surface area contributed by atoms with Crippen LogP contribution in [0.15, 0.2) is 4.99 Å². The van der Waals surface area contributed by atoms with Crippen LogP contribution < -0.4 is 16.0 Å². The van der Waals surface area contributed by atoms with E-state index < -0.39 is 0 Å². The fourth-order valence-corrected chi connectivity index (χ4v) is 3.27. The van der Waals surface area contributed by atoms with Gasteiger partial charge in [-0.25, -0.2) is 0 Å². The molecule has 150 valence electrons. The molecule has 0 aromatic heterocycles. The number of carbonyl (C=O) groups is 1. The second kappa shape index (κ2) is 11.4. The van der Waals surface area contributed by atoms with Crippen LogP contribution in [0.25, 0.3) is 0 Å². The summed E-state index contributed by atoms with van der Waals surface area (Å²) in [5.41, 5.74) is 0. The third-order valence-corrected chi connectivity index (χ3v) is 4.85. The maximum Gasteiger partial charge on any atom is 0.220 e. The number of nitrogens with one attached hydrogen (secondary N) is 3. The summed E-state index contributed by atoms with van der Waals surface area (Å²) in [5, 5.41) is 9.80. The Morgan fingerprint density at radius 1 is 1.23 bits per heavy atom. The van der Waals surface area contributed by atoms with Crippen LogP contribution in [0.5, 0.6) is 0 Å². The molecule has 1 saturated carbocycles. The van der Waals surface area contributed by atoms with Crippen LogP contribution in [-0.2, 0) is 9.53 Å². The van der Waals surface area contributed by atoms with Gasteiger partial charge in [-0.05, 0) is 31.6 Å². The number of amides is 1. The monoisotopic (exact) mass is 367 g/mol. The molecule has 0 bridgehead atoms. The number of hydrogen-bond acceptors (Lipinski definition) is 4. The Morgan fingerprint density at radius 2 is 1.96 bits per heavy atom. The van der Waals surface area contributed by atoms with Crippen LogP contribution in [0, 0.1) is 5.92 Å². The standard InChI is InChI=1S/C19H37N5O2/c1-15(2)13-17(24-9-11-26-12-10-24)14-22-19(20-3)21-8-4-5-18(25)23-16-6-7-16/h15-17H,4-14H2,1-3H3,(H,23,25)(H2,20,21,22). The summed E-state index contributed by atoms with van der Waals surface area (Å²) in [6.45, 7) is 9.82. The van der Waals surface area contributed by atoms with Crippen molar-refractivity contribution in [2.75, 3.05) is 46.4 Å². The van der Waals surface area contributed by atoms with Gasteiger partial charge in [-0.15, -0.1) is 0 Å². The van der Waals surface area contributed by atoms with Gasteiger partial charge in [0.05, 0.1) is 13.2 Å². The van der Waals surface area contributed by atoms with Crippen LogP contribution in [0.3, 0.4) is 0 Å². The molecule has 1 amide bonds. The highest BCUT2D eigenvalue weighted by Gasteiger charge is 2.23. The number of carbonyl (C=O) groups excluding carboxylic acids is 1. The first-order valence-electron chi connectivity index (χ1n) is 10.1. The largest absolute Gasteiger partial charge is 0.379 e. The molecule has 2 aliphatic rings. The van der Waals surface area contributed by atoms with E-state index in [0.717, 1.165) is 71.0 Å². The van der Waals surface area contributed by atoms with Crippen molar-refractivity contribution in [3.63, 3.8) is 0 Å². The molecule has 3 N–H and O–H groups in total. The molecule has 1 atom stereocenters. The number of ether oxygens (including phenoxy) is 1. The minimum atomic E-state index is 0.168. The zero-order valence-corrected chi connectivity index (χ0v) is 16.7. The van der Waals surface area contributed by atoms with E-state index >= 15 is 0 Å².